The molecule has 3 N–H and O–H groups in total. The molecule has 2 heterocycles. The molecule has 1 amide bonds. The number of nitrogens with one attached hydrogen (secondary N) is 1. The summed E-state index contributed by atoms with van der Waals surface area (Å²) >= 11 is 2.42. The molecule has 0 spiro atoms. The van der Waals surface area contributed by atoms with Crippen molar-refractivity contribution in [2.45, 2.75) is 33.8 Å². The number of aromatic nitrogens is 2. The summed E-state index contributed by atoms with van der Waals surface area (Å²) in [5, 5.41) is 5.68. The quantitative estimate of drug-likeness (QED) is 0.594. The standard InChI is InChI=1S/C19H20N4O3S2/c1-10-4-5-11(2)14(6-10)22-15(24)7-16-21-13(9-27-16)8-26-19(25)17-12(3)23-28-18(17)20/h4-6,9H,7-8,20H2,1-3H3,(H,22,24). The third-order valence-corrected chi connectivity index (χ3v) is 5.69. The van der Waals surface area contributed by atoms with Crippen molar-refractivity contribution in [2.75, 3.05) is 11.1 Å². The maximum Gasteiger partial charge on any atom is 0.343 e. The van der Waals surface area contributed by atoms with Crippen LogP contribution in [0.4, 0.5) is 10.7 Å². The molecule has 2 aromatic heterocycles. The summed E-state index contributed by atoms with van der Waals surface area (Å²) < 4.78 is 9.30. The fourth-order valence-electron chi connectivity index (χ4n) is 2.55. The summed E-state index contributed by atoms with van der Waals surface area (Å²) in [4.78, 5) is 28.8. The molecular weight excluding hydrogens is 396 g/mol. The molecule has 0 atom stereocenters. The molecule has 0 saturated heterocycles. The van der Waals surface area contributed by atoms with Crippen LogP contribution in [0, 0.1) is 20.8 Å². The topological polar surface area (TPSA) is 107 Å². The van der Waals surface area contributed by atoms with Crippen LogP contribution in [-0.2, 0) is 22.6 Å². The van der Waals surface area contributed by atoms with Gasteiger partial charge in [-0.15, -0.1) is 11.3 Å². The first-order valence-electron chi connectivity index (χ1n) is 8.52. The lowest BCUT2D eigenvalue weighted by molar-refractivity contribution is -0.115. The van der Waals surface area contributed by atoms with Crippen molar-refractivity contribution in [2.24, 2.45) is 0 Å². The van der Waals surface area contributed by atoms with Gasteiger partial charge < -0.3 is 15.8 Å². The third-order valence-electron chi connectivity index (χ3n) is 4.02. The third kappa shape index (κ3) is 4.73. The Labute approximate surface area is 170 Å². The van der Waals surface area contributed by atoms with E-state index in [0.717, 1.165) is 28.3 Å². The smallest absolute Gasteiger partial charge is 0.343 e. The van der Waals surface area contributed by atoms with Crippen LogP contribution in [0.2, 0.25) is 0 Å². The van der Waals surface area contributed by atoms with Gasteiger partial charge in [-0.05, 0) is 49.5 Å². The predicted molar refractivity (Wildman–Crippen MR) is 111 cm³/mol. The van der Waals surface area contributed by atoms with Crippen molar-refractivity contribution in [3.63, 3.8) is 0 Å². The number of ether oxygens (including phenoxy) is 1. The van der Waals surface area contributed by atoms with E-state index in [1.165, 1.54) is 11.3 Å². The lowest BCUT2D eigenvalue weighted by Crippen LogP contribution is -2.15. The number of thiazole rings is 1. The van der Waals surface area contributed by atoms with Crippen molar-refractivity contribution < 1.29 is 14.3 Å². The minimum Gasteiger partial charge on any atom is -0.455 e. The van der Waals surface area contributed by atoms with Crippen molar-refractivity contribution in [3.05, 3.63) is 56.7 Å². The van der Waals surface area contributed by atoms with Gasteiger partial charge in [0.15, 0.2) is 0 Å². The number of esters is 1. The summed E-state index contributed by atoms with van der Waals surface area (Å²) in [6.07, 6.45) is 0.159. The van der Waals surface area contributed by atoms with Crippen molar-refractivity contribution in [3.8, 4) is 0 Å². The van der Waals surface area contributed by atoms with Crippen LogP contribution in [0.3, 0.4) is 0 Å². The molecule has 1 aromatic carbocycles. The SMILES string of the molecule is Cc1ccc(C)c(NC(=O)Cc2nc(COC(=O)c3c(C)nsc3N)cs2)c1. The highest BCUT2D eigenvalue weighted by molar-refractivity contribution is 7.10. The Hall–Kier alpha value is -2.78. The molecule has 3 aromatic rings. The van der Waals surface area contributed by atoms with Gasteiger partial charge in [-0.1, -0.05) is 12.1 Å². The lowest BCUT2D eigenvalue weighted by Gasteiger charge is -2.08. The van der Waals surface area contributed by atoms with Crippen LogP contribution < -0.4 is 11.1 Å². The van der Waals surface area contributed by atoms with Gasteiger partial charge in [0.2, 0.25) is 5.91 Å². The lowest BCUT2D eigenvalue weighted by atomic mass is 10.1. The number of anilines is 2. The summed E-state index contributed by atoms with van der Waals surface area (Å²) in [5.74, 6) is -0.662. The van der Waals surface area contributed by atoms with Crippen LogP contribution >= 0.6 is 22.9 Å². The zero-order valence-corrected chi connectivity index (χ0v) is 17.4. The average Bonchev–Trinajstić information content (AvgIpc) is 3.22. The number of hydrogen-bond donors (Lipinski definition) is 2. The number of aryl methyl sites for hydroxylation is 3. The normalized spacial score (nSPS) is 10.7. The zero-order chi connectivity index (χ0) is 20.3. The Balaban J connectivity index is 1.56. The molecular formula is C19H20N4O3S2. The van der Waals surface area contributed by atoms with E-state index < -0.39 is 5.97 Å². The van der Waals surface area contributed by atoms with E-state index in [2.05, 4.69) is 14.7 Å². The number of hydrogen-bond acceptors (Lipinski definition) is 8. The molecule has 0 aliphatic carbocycles. The van der Waals surface area contributed by atoms with E-state index in [4.69, 9.17) is 10.5 Å². The van der Waals surface area contributed by atoms with Crippen LogP contribution in [0.5, 0.6) is 0 Å². The van der Waals surface area contributed by atoms with Crippen molar-refractivity contribution >= 4 is 45.4 Å². The molecule has 9 heteroatoms. The zero-order valence-electron chi connectivity index (χ0n) is 15.7. The minimum absolute atomic E-state index is 0.0165. The molecule has 0 aliphatic rings. The second-order valence-corrected chi connectivity index (χ2v) is 8.11. The number of nitrogen functional groups attached to an aromatic ring is 1. The Bertz CT molecular complexity index is 1010. The summed E-state index contributed by atoms with van der Waals surface area (Å²) in [6, 6.07) is 5.91. The van der Waals surface area contributed by atoms with E-state index in [0.29, 0.717) is 27.0 Å². The fraction of sp³-hybridized carbons (Fsp3) is 0.263. The van der Waals surface area contributed by atoms with Crippen molar-refractivity contribution in [1.29, 1.82) is 0 Å². The first-order valence-corrected chi connectivity index (χ1v) is 10.2. The van der Waals surface area contributed by atoms with E-state index in [1.54, 1.807) is 12.3 Å². The van der Waals surface area contributed by atoms with Gasteiger partial charge in [-0.2, -0.15) is 4.37 Å². The molecule has 0 aliphatic heterocycles. The number of carbonyl (C=O) groups is 2. The largest absolute Gasteiger partial charge is 0.455 e. The Kier molecular flexibility index (Phi) is 6.05. The van der Waals surface area contributed by atoms with Gasteiger partial charge in [0.1, 0.15) is 22.2 Å². The first kappa shape index (κ1) is 20.0. The summed E-state index contributed by atoms with van der Waals surface area (Å²) in [5.41, 5.74) is 10.1. The predicted octanol–water partition coefficient (Wildman–Crippen LogP) is 3.65. The Morgan fingerprint density at radius 1 is 1.25 bits per heavy atom. The molecule has 7 nitrogen and oxygen atoms in total. The minimum atomic E-state index is -0.522. The van der Waals surface area contributed by atoms with Gasteiger partial charge in [-0.3, -0.25) is 4.79 Å². The number of rotatable bonds is 6. The van der Waals surface area contributed by atoms with Crippen LogP contribution in [-0.4, -0.2) is 21.2 Å². The summed E-state index contributed by atoms with van der Waals surface area (Å²) in [6.45, 7) is 5.65. The fourth-order valence-corrected chi connectivity index (χ4v) is 3.97. The molecule has 146 valence electrons. The second kappa shape index (κ2) is 8.49. The van der Waals surface area contributed by atoms with Gasteiger partial charge in [0.25, 0.3) is 0 Å². The van der Waals surface area contributed by atoms with Crippen molar-refractivity contribution in [1.82, 2.24) is 9.36 Å². The number of amides is 1. The molecule has 0 radical (unpaired) electrons. The van der Waals surface area contributed by atoms with E-state index >= 15 is 0 Å². The maximum atomic E-state index is 12.3. The van der Waals surface area contributed by atoms with Gasteiger partial charge >= 0.3 is 5.97 Å². The average molecular weight is 417 g/mol. The highest BCUT2D eigenvalue weighted by Gasteiger charge is 2.18. The molecule has 28 heavy (non-hydrogen) atoms. The maximum absolute atomic E-state index is 12.3. The number of nitrogens with zero attached hydrogens (tertiary/aromatic N) is 2. The first-order chi connectivity index (χ1) is 13.3. The summed E-state index contributed by atoms with van der Waals surface area (Å²) in [7, 11) is 0. The number of carbonyl (C=O) groups excluding carboxylic acids is 2. The van der Waals surface area contributed by atoms with Gasteiger partial charge in [0, 0.05) is 11.1 Å². The number of nitrogens with two attached hydrogens (primary N) is 1. The monoisotopic (exact) mass is 416 g/mol. The van der Waals surface area contributed by atoms with Gasteiger partial charge in [-0.25, -0.2) is 9.78 Å². The Morgan fingerprint density at radius 3 is 2.75 bits per heavy atom. The molecule has 0 bridgehead atoms. The van der Waals surface area contributed by atoms with Crippen LogP contribution in [0.25, 0.3) is 0 Å². The van der Waals surface area contributed by atoms with Crippen LogP contribution in [0.15, 0.2) is 23.6 Å². The highest BCUT2D eigenvalue weighted by atomic mass is 32.1. The molecule has 0 fully saturated rings. The molecule has 0 unspecified atom stereocenters. The molecule has 0 saturated carbocycles. The van der Waals surface area contributed by atoms with E-state index in [-0.39, 0.29) is 18.9 Å². The number of benzene rings is 1. The van der Waals surface area contributed by atoms with E-state index in [1.807, 2.05) is 32.0 Å². The second-order valence-electron chi connectivity index (χ2n) is 6.36. The van der Waals surface area contributed by atoms with Crippen LogP contribution in [0.1, 0.15) is 37.9 Å². The van der Waals surface area contributed by atoms with Gasteiger partial charge in [0.05, 0.1) is 17.8 Å². The Morgan fingerprint density at radius 2 is 2.04 bits per heavy atom. The molecule has 3 rings (SSSR count). The highest BCUT2D eigenvalue weighted by Crippen LogP contribution is 2.22. The van der Waals surface area contributed by atoms with E-state index in [9.17, 15) is 9.59 Å².